The summed E-state index contributed by atoms with van der Waals surface area (Å²) in [5.74, 6) is 2.40. The predicted molar refractivity (Wildman–Crippen MR) is 246 cm³/mol. The minimum atomic E-state index is -2.59. The fraction of sp³-hybridized carbons (Fsp3) is 0.241. The van der Waals surface area contributed by atoms with Crippen LogP contribution < -0.4 is 19.4 Å². The number of hydrogen-bond acceptors (Lipinski definition) is 5. The van der Waals surface area contributed by atoms with Crippen LogP contribution >= 0.6 is 0 Å². The average Bonchev–Trinajstić information content (AvgIpc) is 3.81. The van der Waals surface area contributed by atoms with Gasteiger partial charge in [-0.3, -0.25) is 0 Å². The van der Waals surface area contributed by atoms with E-state index >= 15 is 0 Å². The zero-order chi connectivity index (χ0) is 46.2. The molecular weight excluding hydrogens is 916 g/mol. The first-order valence-electron chi connectivity index (χ1n) is 23.5. The van der Waals surface area contributed by atoms with E-state index in [1.54, 1.807) is 11.6 Å². The number of nitrogens with zero attached hydrogens (tertiary/aromatic N) is 4. The first-order chi connectivity index (χ1) is 30.8. The van der Waals surface area contributed by atoms with Gasteiger partial charge in [0.05, 0.1) is 0 Å². The van der Waals surface area contributed by atoms with Crippen LogP contribution in [0.3, 0.4) is 0 Å². The molecule has 0 saturated heterocycles. The molecule has 0 spiro atoms. The molecule has 60 heavy (non-hydrogen) atoms. The second kappa shape index (κ2) is 16.2. The second-order valence-corrected chi connectivity index (χ2v) is 17.2. The molecule has 0 N–H and O–H groups in total. The molecule has 5 nitrogen and oxygen atoms in total. The van der Waals surface area contributed by atoms with Crippen LogP contribution in [-0.2, 0) is 26.5 Å². The van der Waals surface area contributed by atoms with Gasteiger partial charge in [0.15, 0.2) is 0 Å². The number of benzene rings is 5. The normalized spacial score (nSPS) is 17.5. The number of rotatable bonds is 8. The van der Waals surface area contributed by atoms with Gasteiger partial charge in [-0.25, -0.2) is 4.98 Å². The number of para-hydroxylation sites is 4. The van der Waals surface area contributed by atoms with Crippen molar-refractivity contribution in [2.24, 2.45) is 0 Å². The van der Waals surface area contributed by atoms with Crippen LogP contribution in [0.4, 0.5) is 34.3 Å². The number of aryl methyl sites for hydroxylation is 2. The quantitative estimate of drug-likeness (QED) is 0.142. The molecule has 6 aromatic rings. The molecule has 2 aliphatic heterocycles. The Morgan fingerprint density at radius 2 is 1.40 bits per heavy atom. The summed E-state index contributed by atoms with van der Waals surface area (Å²) in [4.78, 5) is 10.8. The molecule has 6 heteroatoms. The van der Waals surface area contributed by atoms with Gasteiger partial charge in [0.2, 0.25) is 0 Å². The molecule has 0 saturated carbocycles. The first-order valence-corrected chi connectivity index (χ1v) is 20.5. The van der Waals surface area contributed by atoms with Crippen molar-refractivity contribution in [2.45, 2.75) is 85.5 Å². The fourth-order valence-corrected chi connectivity index (χ4v) is 8.62. The van der Waals surface area contributed by atoms with Crippen molar-refractivity contribution in [3.05, 3.63) is 186 Å². The molecule has 1 aliphatic carbocycles. The van der Waals surface area contributed by atoms with Crippen molar-refractivity contribution < 1.29 is 34.0 Å². The van der Waals surface area contributed by atoms with Crippen LogP contribution in [0.1, 0.15) is 102 Å². The van der Waals surface area contributed by atoms with Gasteiger partial charge in [-0.05, 0) is 106 Å². The molecule has 0 amide bonds. The van der Waals surface area contributed by atoms with E-state index in [0.717, 1.165) is 39.5 Å². The summed E-state index contributed by atoms with van der Waals surface area (Å²) in [5, 5.41) is 0. The van der Waals surface area contributed by atoms with Gasteiger partial charge in [0, 0.05) is 75.6 Å². The molecule has 1 aromatic heterocycles. The molecule has 9 rings (SSSR count). The second-order valence-electron chi connectivity index (χ2n) is 17.2. The molecule has 0 radical (unpaired) electrons. The van der Waals surface area contributed by atoms with Crippen LogP contribution in [0, 0.1) is 32.9 Å². The Bertz CT molecular complexity index is 2820. The summed E-state index contributed by atoms with van der Waals surface area (Å²) in [6.45, 7) is 12.0. The minimum absolute atomic E-state index is 0. The number of allylic oxidation sites excluding steroid dienone is 2. The minimum Gasteiger partial charge on any atom is -0.521 e. The summed E-state index contributed by atoms with van der Waals surface area (Å²) >= 11 is 0. The van der Waals surface area contributed by atoms with Crippen LogP contribution in [-0.4, -0.2) is 11.0 Å². The topological polar surface area (TPSA) is 31.8 Å². The van der Waals surface area contributed by atoms with Crippen molar-refractivity contribution in [1.29, 1.82) is 0 Å². The van der Waals surface area contributed by atoms with Gasteiger partial charge < -0.3 is 19.4 Å². The van der Waals surface area contributed by atoms with E-state index < -0.39 is 13.7 Å². The van der Waals surface area contributed by atoms with Crippen molar-refractivity contribution in [3.63, 3.8) is 0 Å². The van der Waals surface area contributed by atoms with Crippen LogP contribution in [0.25, 0.3) is 16.7 Å². The third kappa shape index (κ3) is 7.36. The summed E-state index contributed by atoms with van der Waals surface area (Å²) < 4.78 is 57.9. The number of pyridine rings is 1. The molecular formula is C54H53N4OPt-3. The molecule has 0 fully saturated rings. The van der Waals surface area contributed by atoms with Gasteiger partial charge in [-0.1, -0.05) is 115 Å². The van der Waals surface area contributed by atoms with E-state index in [-0.39, 0.29) is 61.2 Å². The zero-order valence-electron chi connectivity index (χ0n) is 41.0. The molecule has 3 aliphatic rings. The number of anilines is 6. The van der Waals surface area contributed by atoms with Gasteiger partial charge in [-0.2, -0.15) is 12.5 Å². The number of aromatic nitrogens is 1. The Morgan fingerprint density at radius 3 is 2.07 bits per heavy atom. The third-order valence-electron chi connectivity index (χ3n) is 11.6. The maximum Gasteiger partial charge on any atom is 0.132 e. The van der Waals surface area contributed by atoms with Crippen molar-refractivity contribution in [3.8, 4) is 16.9 Å². The molecule has 5 aromatic carbocycles. The number of ether oxygens (including phenoxy) is 1. The molecule has 0 bridgehead atoms. The van der Waals surface area contributed by atoms with Crippen molar-refractivity contribution >= 4 is 39.8 Å². The van der Waals surface area contributed by atoms with Crippen LogP contribution in [0.15, 0.2) is 133 Å². The Morgan fingerprint density at radius 1 is 0.750 bits per heavy atom. The maximum absolute atomic E-state index is 8.49. The van der Waals surface area contributed by atoms with E-state index in [2.05, 4.69) is 139 Å². The molecule has 1 unspecified atom stereocenters. The average molecular weight is 975 g/mol. The Labute approximate surface area is 380 Å². The van der Waals surface area contributed by atoms with Gasteiger partial charge in [-0.15, -0.1) is 42.2 Å². The standard InChI is InChI=1S/C54H53N4O.Pt/c1-34(2)43-19-15-20-44(35(3)4)52(43)38-28-40(56-33-57(49-23-13-12-22-48(49)56)53-36(5)16-14-17-37(53)6)31-42(29-38)59-41-24-25-46-45-18-10-11-21-47(45)58(50(46)32-41)51-30-39(26-27-55-51)54(7,8)9;/h10-30,32-35,50H,1-9H3;/q-3;/i5D3,6D3;. The third-order valence-corrected chi connectivity index (χ3v) is 11.6. The maximum atomic E-state index is 8.49. The largest absolute Gasteiger partial charge is 0.521 e. The molecule has 308 valence electrons. The van der Waals surface area contributed by atoms with Gasteiger partial charge >= 0.3 is 0 Å². The predicted octanol–water partition coefficient (Wildman–Crippen LogP) is 14.2. The SMILES string of the molecule is [2H]C([2H])([2H])c1cccc(C([2H])([2H])[2H])c1N1[CH-]N(c2[c-]c(OC3=CC=C4c5ccccc5N(c5cc(C(C)(C)C)ccn5)C4[CH-]3)cc(-c3c(C(C)C)cccc3C(C)C)c2)c2ccccc21.[Pt]. The number of hydrogen-bond donors (Lipinski definition) is 0. The van der Waals surface area contributed by atoms with Crippen LogP contribution in [0.5, 0.6) is 5.75 Å². The molecule has 1 atom stereocenters. The van der Waals surface area contributed by atoms with E-state index in [1.807, 2.05) is 41.4 Å². The molecule has 3 heterocycles. The van der Waals surface area contributed by atoms with Gasteiger partial charge in [0.1, 0.15) is 5.82 Å². The van der Waals surface area contributed by atoms with Crippen LogP contribution in [0.2, 0.25) is 0 Å². The summed E-state index contributed by atoms with van der Waals surface area (Å²) in [6, 6.07) is 38.8. The summed E-state index contributed by atoms with van der Waals surface area (Å²) in [6.07, 6.45) is 8.17. The Hall–Kier alpha value is -5.51. The monoisotopic (exact) mass is 974 g/mol. The van der Waals surface area contributed by atoms with E-state index in [9.17, 15) is 0 Å². The Kier molecular flexibility index (Phi) is 9.22. The summed E-state index contributed by atoms with van der Waals surface area (Å²) in [7, 11) is 0. The number of fused-ring (bicyclic) bond motifs is 4. The van der Waals surface area contributed by atoms with E-state index in [0.29, 0.717) is 22.9 Å². The van der Waals surface area contributed by atoms with Gasteiger partial charge in [0.25, 0.3) is 0 Å². The Balaban J connectivity index is 0.00000592. The van der Waals surface area contributed by atoms with E-state index in [4.69, 9.17) is 17.9 Å². The van der Waals surface area contributed by atoms with Crippen molar-refractivity contribution in [1.82, 2.24) is 4.98 Å². The zero-order valence-corrected chi connectivity index (χ0v) is 37.3. The smallest absolute Gasteiger partial charge is 0.132 e. The fourth-order valence-electron chi connectivity index (χ4n) is 8.62. The first kappa shape index (κ1) is 34.2. The van der Waals surface area contributed by atoms with Crippen molar-refractivity contribution in [2.75, 3.05) is 14.7 Å². The summed E-state index contributed by atoms with van der Waals surface area (Å²) in [5.41, 5.74) is 10.9. The van der Waals surface area contributed by atoms with E-state index in [1.165, 1.54) is 34.9 Å².